The van der Waals surface area contributed by atoms with E-state index in [2.05, 4.69) is 15.1 Å². The van der Waals surface area contributed by atoms with Gasteiger partial charge in [-0.05, 0) is 31.9 Å². The molecule has 1 atom stereocenters. The Bertz CT molecular complexity index is 830. The van der Waals surface area contributed by atoms with Crippen LogP contribution in [-0.4, -0.2) is 50.1 Å². The van der Waals surface area contributed by atoms with Crippen LogP contribution in [0.1, 0.15) is 76.8 Å². The van der Waals surface area contributed by atoms with Crippen molar-refractivity contribution < 1.29 is 19.2 Å². The number of carbonyl (C=O) groups is 2. The minimum Gasteiger partial charge on any atom is -0.478 e. The Morgan fingerprint density at radius 2 is 2.08 bits per heavy atom. The van der Waals surface area contributed by atoms with E-state index in [0.717, 1.165) is 12.8 Å². The molecule has 1 aliphatic rings. The van der Waals surface area contributed by atoms with Crippen LogP contribution in [0.15, 0.2) is 16.7 Å². The van der Waals surface area contributed by atoms with Gasteiger partial charge in [0.2, 0.25) is 5.89 Å². The van der Waals surface area contributed by atoms with Gasteiger partial charge in [-0.2, -0.15) is 4.98 Å². The van der Waals surface area contributed by atoms with E-state index in [4.69, 9.17) is 9.63 Å². The van der Waals surface area contributed by atoms with E-state index in [1.165, 1.54) is 12.1 Å². The average Bonchev–Trinajstić information content (AvgIpc) is 3.11. The Morgan fingerprint density at radius 3 is 2.69 bits per heavy atom. The number of aryl methyl sites for hydroxylation is 1. The molecule has 1 amide bonds. The van der Waals surface area contributed by atoms with Gasteiger partial charge in [0.25, 0.3) is 5.91 Å². The molecule has 0 aromatic carbocycles. The van der Waals surface area contributed by atoms with Crippen molar-refractivity contribution in [3.8, 4) is 0 Å². The van der Waals surface area contributed by atoms with Crippen LogP contribution in [0.2, 0.25) is 0 Å². The summed E-state index contributed by atoms with van der Waals surface area (Å²) in [4.78, 5) is 34.2. The molecular weight excluding hydrogens is 336 g/mol. The number of aromatic carboxylic acids is 1. The summed E-state index contributed by atoms with van der Waals surface area (Å²) >= 11 is 0. The van der Waals surface area contributed by atoms with E-state index < -0.39 is 5.97 Å². The molecule has 8 heteroatoms. The fraction of sp³-hybridized carbons (Fsp3) is 0.500. The van der Waals surface area contributed by atoms with Gasteiger partial charge in [-0.25, -0.2) is 9.78 Å². The highest BCUT2D eigenvalue weighted by Crippen LogP contribution is 2.27. The Balaban J connectivity index is 1.75. The van der Waals surface area contributed by atoms with Gasteiger partial charge in [-0.1, -0.05) is 19.0 Å². The van der Waals surface area contributed by atoms with E-state index >= 15 is 0 Å². The molecule has 1 fully saturated rings. The summed E-state index contributed by atoms with van der Waals surface area (Å²) in [6, 6.07) is 2.89. The second kappa shape index (κ2) is 7.23. The average molecular weight is 358 g/mol. The summed E-state index contributed by atoms with van der Waals surface area (Å²) in [7, 11) is 0. The molecule has 3 heterocycles. The number of carboxylic acid groups (broad SMARTS) is 1. The molecule has 0 saturated carbocycles. The number of carbonyl (C=O) groups excluding carboxylic acids is 1. The first-order valence-corrected chi connectivity index (χ1v) is 8.70. The summed E-state index contributed by atoms with van der Waals surface area (Å²) in [5.41, 5.74) is 0.687. The molecule has 3 rings (SSSR count). The van der Waals surface area contributed by atoms with Gasteiger partial charge in [0.15, 0.2) is 5.82 Å². The first-order valence-electron chi connectivity index (χ1n) is 8.70. The first-order chi connectivity index (χ1) is 12.4. The van der Waals surface area contributed by atoms with Gasteiger partial charge < -0.3 is 14.5 Å². The maximum atomic E-state index is 12.8. The lowest BCUT2D eigenvalue weighted by Gasteiger charge is -2.31. The van der Waals surface area contributed by atoms with Gasteiger partial charge in [-0.15, -0.1) is 0 Å². The standard InChI is InChI=1S/C18H22N4O4/c1-10(2)16-20-15(21-26-16)12-5-4-8-22(9-12)17(23)14-7-6-13(18(24)25)11(3)19-14/h6-7,10,12H,4-5,8-9H2,1-3H3,(H,24,25). The van der Waals surface area contributed by atoms with E-state index in [1.54, 1.807) is 11.8 Å². The van der Waals surface area contributed by atoms with Crippen LogP contribution in [0.5, 0.6) is 0 Å². The number of amides is 1. The predicted octanol–water partition coefficient (Wildman–Crippen LogP) is 2.61. The SMILES string of the molecule is Cc1nc(C(=O)N2CCCC(c3noc(C(C)C)n3)C2)ccc1C(=O)O. The largest absolute Gasteiger partial charge is 0.478 e. The van der Waals surface area contributed by atoms with E-state index in [0.29, 0.717) is 30.5 Å². The van der Waals surface area contributed by atoms with Crippen molar-refractivity contribution in [2.45, 2.75) is 45.4 Å². The molecule has 0 bridgehead atoms. The number of aromatic nitrogens is 3. The maximum absolute atomic E-state index is 12.8. The number of piperidine rings is 1. The van der Waals surface area contributed by atoms with Crippen LogP contribution >= 0.6 is 0 Å². The number of hydrogen-bond acceptors (Lipinski definition) is 6. The molecule has 1 N–H and O–H groups in total. The van der Waals surface area contributed by atoms with E-state index in [-0.39, 0.29) is 29.0 Å². The molecule has 8 nitrogen and oxygen atoms in total. The number of pyridine rings is 1. The fourth-order valence-corrected chi connectivity index (χ4v) is 3.09. The zero-order valence-electron chi connectivity index (χ0n) is 15.1. The third kappa shape index (κ3) is 3.58. The molecule has 1 saturated heterocycles. The molecule has 0 aliphatic carbocycles. The van der Waals surface area contributed by atoms with Crippen molar-refractivity contribution in [1.29, 1.82) is 0 Å². The predicted molar refractivity (Wildman–Crippen MR) is 92.2 cm³/mol. The molecular formula is C18H22N4O4. The van der Waals surface area contributed by atoms with Crippen molar-refractivity contribution in [3.63, 3.8) is 0 Å². The van der Waals surface area contributed by atoms with Crippen LogP contribution in [0.4, 0.5) is 0 Å². The molecule has 0 radical (unpaired) electrons. The zero-order valence-corrected chi connectivity index (χ0v) is 15.1. The summed E-state index contributed by atoms with van der Waals surface area (Å²) in [5, 5.41) is 13.2. The minimum absolute atomic E-state index is 0.0309. The van der Waals surface area contributed by atoms with E-state index in [1.807, 2.05) is 13.8 Å². The highest BCUT2D eigenvalue weighted by atomic mass is 16.5. The first kappa shape index (κ1) is 18.0. The van der Waals surface area contributed by atoms with Crippen molar-refractivity contribution in [2.24, 2.45) is 0 Å². The number of rotatable bonds is 4. The molecule has 1 aliphatic heterocycles. The zero-order chi connectivity index (χ0) is 18.8. The maximum Gasteiger partial charge on any atom is 0.337 e. The van der Waals surface area contributed by atoms with E-state index in [9.17, 15) is 9.59 Å². The molecule has 26 heavy (non-hydrogen) atoms. The lowest BCUT2D eigenvalue weighted by Crippen LogP contribution is -2.39. The molecule has 2 aromatic heterocycles. The second-order valence-electron chi connectivity index (χ2n) is 6.87. The smallest absolute Gasteiger partial charge is 0.337 e. The monoisotopic (exact) mass is 358 g/mol. The number of hydrogen-bond donors (Lipinski definition) is 1. The quantitative estimate of drug-likeness (QED) is 0.894. The number of nitrogens with zero attached hydrogens (tertiary/aromatic N) is 4. The molecule has 138 valence electrons. The van der Waals surface area contributed by atoms with Gasteiger partial charge in [0.1, 0.15) is 5.69 Å². The van der Waals surface area contributed by atoms with Gasteiger partial charge in [-0.3, -0.25) is 4.79 Å². The third-order valence-corrected chi connectivity index (χ3v) is 4.56. The fourth-order valence-electron chi connectivity index (χ4n) is 3.09. The van der Waals surface area contributed by atoms with Crippen LogP contribution < -0.4 is 0 Å². The van der Waals surface area contributed by atoms with Crippen LogP contribution in [-0.2, 0) is 0 Å². The van der Waals surface area contributed by atoms with Gasteiger partial charge in [0, 0.05) is 24.9 Å². The van der Waals surface area contributed by atoms with Crippen molar-refractivity contribution >= 4 is 11.9 Å². The topological polar surface area (TPSA) is 109 Å². The molecule has 1 unspecified atom stereocenters. The number of likely N-dealkylation sites (tertiary alicyclic amines) is 1. The van der Waals surface area contributed by atoms with Gasteiger partial charge in [0.05, 0.1) is 11.3 Å². The lowest BCUT2D eigenvalue weighted by molar-refractivity contribution is 0.0681. The van der Waals surface area contributed by atoms with Crippen molar-refractivity contribution in [3.05, 3.63) is 40.8 Å². The Kier molecular flexibility index (Phi) is 5.01. The summed E-state index contributed by atoms with van der Waals surface area (Å²) in [6.07, 6.45) is 1.74. The third-order valence-electron chi connectivity index (χ3n) is 4.56. The summed E-state index contributed by atoms with van der Waals surface area (Å²) in [5.74, 6) is 0.176. The Labute approximate surface area is 151 Å². The van der Waals surface area contributed by atoms with Crippen molar-refractivity contribution in [2.75, 3.05) is 13.1 Å². The lowest BCUT2D eigenvalue weighted by atomic mass is 9.97. The molecule has 0 spiro atoms. The number of carboxylic acids is 1. The Morgan fingerprint density at radius 1 is 1.31 bits per heavy atom. The van der Waals surface area contributed by atoms with Crippen molar-refractivity contribution in [1.82, 2.24) is 20.0 Å². The second-order valence-corrected chi connectivity index (χ2v) is 6.87. The minimum atomic E-state index is -1.05. The highest BCUT2D eigenvalue weighted by molar-refractivity contribution is 5.94. The van der Waals surface area contributed by atoms with Crippen LogP contribution in [0.25, 0.3) is 0 Å². The van der Waals surface area contributed by atoms with Crippen LogP contribution in [0.3, 0.4) is 0 Å². The van der Waals surface area contributed by atoms with Gasteiger partial charge >= 0.3 is 5.97 Å². The summed E-state index contributed by atoms with van der Waals surface area (Å²) in [6.45, 7) is 6.69. The Hall–Kier alpha value is -2.77. The summed E-state index contributed by atoms with van der Waals surface area (Å²) < 4.78 is 5.28. The highest BCUT2D eigenvalue weighted by Gasteiger charge is 2.29. The van der Waals surface area contributed by atoms with Crippen LogP contribution in [0, 0.1) is 6.92 Å². The molecule has 2 aromatic rings. The normalized spacial score (nSPS) is 17.5.